The largest absolute Gasteiger partial charge is 0.507 e. The zero-order valence-corrected chi connectivity index (χ0v) is 27.0. The molecule has 0 fully saturated rings. The smallest absolute Gasteiger partial charge is 0.302 e. The normalized spacial score (nSPS) is 13.1. The third kappa shape index (κ3) is 7.50. The summed E-state index contributed by atoms with van der Waals surface area (Å²) in [7, 11) is 0. The molecule has 3 aromatic rings. The van der Waals surface area contributed by atoms with Gasteiger partial charge >= 0.3 is 5.97 Å². The molecule has 1 unspecified atom stereocenters. The Morgan fingerprint density at radius 1 is 1.13 bits per heavy atom. The van der Waals surface area contributed by atoms with Crippen LogP contribution >= 0.6 is 0 Å². The van der Waals surface area contributed by atoms with Gasteiger partial charge in [0.1, 0.15) is 18.2 Å². The number of aromatic nitrogens is 2. The fourth-order valence-electron chi connectivity index (χ4n) is 5.71. The van der Waals surface area contributed by atoms with Crippen LogP contribution in [0.3, 0.4) is 0 Å². The maximum atomic E-state index is 14.5. The van der Waals surface area contributed by atoms with Crippen molar-refractivity contribution in [1.82, 2.24) is 14.5 Å². The van der Waals surface area contributed by atoms with Crippen LogP contribution in [0.25, 0.3) is 22.3 Å². The number of halogens is 1. The summed E-state index contributed by atoms with van der Waals surface area (Å²) in [6.07, 6.45) is 1.91. The number of hydrogen-bond donors (Lipinski definition) is 3. The van der Waals surface area contributed by atoms with E-state index in [0.29, 0.717) is 29.0 Å². The van der Waals surface area contributed by atoms with Crippen molar-refractivity contribution in [3.05, 3.63) is 56.1 Å². The Kier molecular flexibility index (Phi) is 11.4. The Labute approximate surface area is 261 Å². The second-order valence-corrected chi connectivity index (χ2v) is 11.4. The Morgan fingerprint density at radius 3 is 2.36 bits per heavy atom. The highest BCUT2D eigenvalue weighted by Gasteiger charge is 2.31. The molecule has 244 valence electrons. The number of amides is 2. The number of aromatic hydroxyl groups is 1. The summed E-state index contributed by atoms with van der Waals surface area (Å²) in [5.74, 6) is -1.98. The van der Waals surface area contributed by atoms with E-state index < -0.39 is 23.5 Å². The molecule has 2 aliphatic rings. The van der Waals surface area contributed by atoms with Crippen LogP contribution in [0.4, 0.5) is 4.39 Å². The molecule has 1 aliphatic carbocycles. The fourth-order valence-corrected chi connectivity index (χ4v) is 5.71. The van der Waals surface area contributed by atoms with Crippen LogP contribution < -0.4 is 11.3 Å². The number of fused-ring (bicyclic) bond motifs is 4. The first-order chi connectivity index (χ1) is 21.2. The zero-order valence-electron chi connectivity index (χ0n) is 27.0. The quantitative estimate of drug-likeness (QED) is 0.262. The highest BCUT2D eigenvalue weighted by molar-refractivity contribution is 5.92. The van der Waals surface area contributed by atoms with Crippen molar-refractivity contribution in [1.29, 1.82) is 0 Å². The predicted octanol–water partition coefficient (Wildman–Crippen LogP) is 3.49. The molecule has 2 amide bonds. The Balaban J connectivity index is 0.000000294. The summed E-state index contributed by atoms with van der Waals surface area (Å²) in [5.41, 5.74) is 10.0. The average Bonchev–Trinajstić information content (AvgIpc) is 3.34. The molecule has 1 atom stereocenters. The molecule has 5 rings (SSSR count). The minimum atomic E-state index is -0.656. The molecule has 1 aromatic carbocycles. The number of carbonyl (C=O) groups excluding carboxylic acids is 3. The number of aliphatic hydroxyl groups excluding tert-OH is 1. The topological polar surface area (TPSA) is 165 Å². The molecule has 4 N–H and O–H groups in total. The van der Waals surface area contributed by atoms with Gasteiger partial charge in [-0.05, 0) is 49.8 Å². The van der Waals surface area contributed by atoms with Crippen LogP contribution in [0.2, 0.25) is 0 Å². The summed E-state index contributed by atoms with van der Waals surface area (Å²) in [4.78, 5) is 52.2. The van der Waals surface area contributed by atoms with Gasteiger partial charge in [-0.2, -0.15) is 0 Å². The van der Waals surface area contributed by atoms with Crippen molar-refractivity contribution in [3.8, 4) is 17.1 Å². The molecule has 0 radical (unpaired) electrons. The summed E-state index contributed by atoms with van der Waals surface area (Å²) in [5, 5.41) is 20.5. The SMILES string of the molecule is CC.CC(=O)OCc1c(O)cc2n(c1=O)Cc1c-2nc2cc(F)c(C)c3c2c1CCC3.CC(O)CN(CC(N)=O)C(=O)C(C)C. The Hall–Kier alpha value is -4.32. The summed E-state index contributed by atoms with van der Waals surface area (Å²) >= 11 is 0. The Bertz CT molecular complexity index is 1680. The van der Waals surface area contributed by atoms with Gasteiger partial charge in [-0.15, -0.1) is 0 Å². The standard InChI is InChI=1S/C22H19FN2O4.C9H18N2O3.C2H6/c1-10-12-4-3-5-13-14-8-25-18(21(14)24-17(20(12)13)6-16(10)23)7-19(27)15(22(25)28)9-29-11(2)26;1-6(2)9(14)11(4-7(3)12)5-8(10)13;1-2/h6-7,27H,3-5,8-9H2,1-2H3;6-7,12H,4-5H2,1-3H3,(H2,10,13);1-2H3. The summed E-state index contributed by atoms with van der Waals surface area (Å²) < 4.78 is 20.9. The van der Waals surface area contributed by atoms with Gasteiger partial charge in [0.05, 0.1) is 41.7 Å². The van der Waals surface area contributed by atoms with Crippen LogP contribution in [0.1, 0.15) is 75.8 Å². The second-order valence-electron chi connectivity index (χ2n) is 11.4. The fraction of sp³-hybridized carbons (Fsp3) is 0.485. The van der Waals surface area contributed by atoms with E-state index in [4.69, 9.17) is 20.6 Å². The van der Waals surface area contributed by atoms with E-state index in [0.717, 1.165) is 41.3 Å². The van der Waals surface area contributed by atoms with Crippen LogP contribution in [-0.4, -0.2) is 61.6 Å². The van der Waals surface area contributed by atoms with Crippen molar-refractivity contribution in [2.75, 3.05) is 13.1 Å². The number of benzene rings is 1. The number of hydrogen-bond acceptors (Lipinski definition) is 8. The first-order valence-electron chi connectivity index (χ1n) is 15.2. The molecule has 1 aliphatic heterocycles. The van der Waals surface area contributed by atoms with Crippen molar-refractivity contribution in [2.24, 2.45) is 11.7 Å². The number of primary amides is 1. The minimum Gasteiger partial charge on any atom is -0.507 e. The summed E-state index contributed by atoms with van der Waals surface area (Å²) in [6, 6.07) is 2.94. The zero-order chi connectivity index (χ0) is 33.7. The molecule has 12 heteroatoms. The maximum absolute atomic E-state index is 14.5. The van der Waals surface area contributed by atoms with E-state index in [9.17, 15) is 28.7 Å². The highest BCUT2D eigenvalue weighted by atomic mass is 19.1. The number of ether oxygens (including phenoxy) is 1. The van der Waals surface area contributed by atoms with E-state index in [1.54, 1.807) is 32.3 Å². The van der Waals surface area contributed by atoms with Crippen molar-refractivity contribution in [2.45, 2.75) is 87.0 Å². The number of esters is 1. The third-order valence-electron chi connectivity index (χ3n) is 7.66. The van der Waals surface area contributed by atoms with Gasteiger partial charge < -0.3 is 30.2 Å². The lowest BCUT2D eigenvalue weighted by molar-refractivity contribution is -0.142. The first-order valence-corrected chi connectivity index (χ1v) is 15.2. The molecular formula is C33H43FN4O7. The molecule has 0 saturated heterocycles. The lowest BCUT2D eigenvalue weighted by Gasteiger charge is -2.24. The number of carbonyl (C=O) groups is 3. The van der Waals surface area contributed by atoms with Gasteiger partial charge in [0.25, 0.3) is 5.56 Å². The van der Waals surface area contributed by atoms with Gasteiger partial charge in [0, 0.05) is 42.5 Å². The van der Waals surface area contributed by atoms with Crippen LogP contribution in [-0.2, 0) is 45.1 Å². The predicted molar refractivity (Wildman–Crippen MR) is 168 cm³/mol. The highest BCUT2D eigenvalue weighted by Crippen LogP contribution is 2.41. The summed E-state index contributed by atoms with van der Waals surface area (Å²) in [6.45, 7) is 12.1. The molecule has 3 heterocycles. The molecule has 45 heavy (non-hydrogen) atoms. The van der Waals surface area contributed by atoms with Crippen molar-refractivity contribution in [3.63, 3.8) is 0 Å². The first kappa shape index (κ1) is 35.2. The monoisotopic (exact) mass is 626 g/mol. The van der Waals surface area contributed by atoms with Crippen LogP contribution in [0, 0.1) is 18.7 Å². The second kappa shape index (κ2) is 14.6. The molecule has 0 saturated carbocycles. The van der Waals surface area contributed by atoms with E-state index in [1.807, 2.05) is 13.8 Å². The molecule has 0 bridgehead atoms. The van der Waals surface area contributed by atoms with E-state index in [2.05, 4.69) is 0 Å². The third-order valence-corrected chi connectivity index (χ3v) is 7.66. The lowest BCUT2D eigenvalue weighted by Crippen LogP contribution is -2.43. The maximum Gasteiger partial charge on any atom is 0.302 e. The van der Waals surface area contributed by atoms with Crippen molar-refractivity contribution < 1.29 is 33.7 Å². The van der Waals surface area contributed by atoms with Crippen LogP contribution in [0.15, 0.2) is 16.9 Å². The Morgan fingerprint density at radius 2 is 1.78 bits per heavy atom. The number of nitrogens with zero attached hydrogens (tertiary/aromatic N) is 3. The number of nitrogens with two attached hydrogens (primary N) is 1. The number of pyridine rings is 2. The molecule has 11 nitrogen and oxygen atoms in total. The number of aliphatic hydroxyl groups is 1. The number of rotatable bonds is 7. The lowest BCUT2D eigenvalue weighted by atomic mass is 9.85. The minimum absolute atomic E-state index is 0.0394. The molecule has 0 spiro atoms. The molecular weight excluding hydrogens is 583 g/mol. The van der Waals surface area contributed by atoms with E-state index in [-0.39, 0.29) is 48.7 Å². The van der Waals surface area contributed by atoms with Crippen molar-refractivity contribution >= 4 is 28.7 Å². The van der Waals surface area contributed by atoms with Gasteiger partial charge in [0.2, 0.25) is 11.8 Å². The van der Waals surface area contributed by atoms with E-state index >= 15 is 0 Å². The van der Waals surface area contributed by atoms with Gasteiger partial charge in [-0.25, -0.2) is 9.37 Å². The number of aryl methyl sites for hydroxylation is 2. The van der Waals surface area contributed by atoms with Gasteiger partial charge in [0.15, 0.2) is 0 Å². The average molecular weight is 627 g/mol. The van der Waals surface area contributed by atoms with Gasteiger partial charge in [-0.3, -0.25) is 19.2 Å². The van der Waals surface area contributed by atoms with E-state index in [1.165, 1.54) is 24.0 Å². The van der Waals surface area contributed by atoms with Crippen LogP contribution in [0.5, 0.6) is 5.75 Å². The van der Waals surface area contributed by atoms with Gasteiger partial charge in [-0.1, -0.05) is 27.7 Å². The molecule has 2 aromatic heterocycles.